The van der Waals surface area contributed by atoms with E-state index in [-0.39, 0.29) is 6.17 Å². The van der Waals surface area contributed by atoms with Crippen molar-refractivity contribution >= 4 is 0 Å². The summed E-state index contributed by atoms with van der Waals surface area (Å²) in [6, 6.07) is 2.06. The molecule has 0 aliphatic rings. The Labute approximate surface area is 98.2 Å². The Morgan fingerprint density at radius 2 is 1.75 bits per heavy atom. The van der Waals surface area contributed by atoms with Crippen LogP contribution in [0.5, 0.6) is 5.75 Å². The molecule has 0 heterocycles. The Morgan fingerprint density at radius 1 is 1.19 bits per heavy atom. The highest BCUT2D eigenvalue weighted by molar-refractivity contribution is 5.49. The summed E-state index contributed by atoms with van der Waals surface area (Å²) >= 11 is 0. The summed E-state index contributed by atoms with van der Waals surface area (Å²) in [4.78, 5) is 2.02. The van der Waals surface area contributed by atoms with Crippen molar-refractivity contribution < 1.29 is 4.74 Å². The number of nitrogens with two attached hydrogens (primary N) is 1. The molecule has 2 N–H and O–H groups in total. The predicted molar refractivity (Wildman–Crippen MR) is 67.8 cm³/mol. The maximum absolute atomic E-state index is 6.18. The Bertz CT molecular complexity index is 386. The van der Waals surface area contributed by atoms with E-state index in [9.17, 15) is 0 Å². The SMILES string of the molecule is COc1cc(C)c(C(N)N(C)C)c(C)c1C. The van der Waals surface area contributed by atoms with Gasteiger partial charge in [0.15, 0.2) is 0 Å². The van der Waals surface area contributed by atoms with Crippen LogP contribution in [0.15, 0.2) is 6.07 Å². The first-order valence-corrected chi connectivity index (χ1v) is 5.46. The zero-order valence-electron chi connectivity index (χ0n) is 11.1. The lowest BCUT2D eigenvalue weighted by molar-refractivity contribution is 0.304. The third-order valence-electron chi connectivity index (χ3n) is 3.18. The number of benzene rings is 1. The largest absolute Gasteiger partial charge is 0.496 e. The van der Waals surface area contributed by atoms with Crippen LogP contribution in [0.1, 0.15) is 28.4 Å². The fourth-order valence-corrected chi connectivity index (χ4v) is 1.99. The molecule has 0 amide bonds. The van der Waals surface area contributed by atoms with Crippen LogP contribution in [0.25, 0.3) is 0 Å². The van der Waals surface area contributed by atoms with Crippen molar-refractivity contribution in [2.45, 2.75) is 26.9 Å². The quantitative estimate of drug-likeness (QED) is 0.796. The van der Waals surface area contributed by atoms with Crippen LogP contribution in [-0.2, 0) is 0 Å². The highest BCUT2D eigenvalue weighted by Crippen LogP contribution is 2.30. The molecule has 1 unspecified atom stereocenters. The summed E-state index contributed by atoms with van der Waals surface area (Å²) in [6.45, 7) is 6.25. The Balaban J connectivity index is 3.36. The van der Waals surface area contributed by atoms with Gasteiger partial charge in [0.25, 0.3) is 0 Å². The molecule has 0 saturated carbocycles. The van der Waals surface area contributed by atoms with E-state index < -0.39 is 0 Å². The van der Waals surface area contributed by atoms with E-state index in [4.69, 9.17) is 10.5 Å². The fourth-order valence-electron chi connectivity index (χ4n) is 1.99. The number of aryl methyl sites for hydroxylation is 1. The molecule has 1 rings (SSSR count). The Kier molecular flexibility index (Phi) is 3.94. The summed E-state index contributed by atoms with van der Waals surface area (Å²) < 4.78 is 5.35. The molecule has 0 spiro atoms. The van der Waals surface area contributed by atoms with Gasteiger partial charge in [-0.15, -0.1) is 0 Å². The lowest BCUT2D eigenvalue weighted by Gasteiger charge is -2.25. The Morgan fingerprint density at radius 3 is 2.19 bits per heavy atom. The van der Waals surface area contributed by atoms with Crippen molar-refractivity contribution in [1.82, 2.24) is 4.90 Å². The average Bonchev–Trinajstić information content (AvgIpc) is 2.23. The zero-order chi connectivity index (χ0) is 12.5. The standard InChI is InChI=1S/C13H22N2O/c1-8-7-11(16-6)9(2)10(3)12(8)13(14)15(4)5/h7,13H,14H2,1-6H3. The molecule has 1 atom stereocenters. The molecular weight excluding hydrogens is 200 g/mol. The van der Waals surface area contributed by atoms with Gasteiger partial charge in [0.2, 0.25) is 0 Å². The van der Waals surface area contributed by atoms with Crippen LogP contribution >= 0.6 is 0 Å². The molecule has 0 aromatic heterocycles. The van der Waals surface area contributed by atoms with Gasteiger partial charge in [0, 0.05) is 0 Å². The summed E-state index contributed by atoms with van der Waals surface area (Å²) in [6.07, 6.45) is -0.0652. The molecule has 0 aliphatic heterocycles. The van der Waals surface area contributed by atoms with Crippen molar-refractivity contribution in [3.05, 3.63) is 28.3 Å². The predicted octanol–water partition coefficient (Wildman–Crippen LogP) is 2.14. The summed E-state index contributed by atoms with van der Waals surface area (Å²) in [7, 11) is 5.68. The third-order valence-corrected chi connectivity index (χ3v) is 3.18. The molecule has 0 aliphatic carbocycles. The van der Waals surface area contributed by atoms with Gasteiger partial charge in [-0.2, -0.15) is 0 Å². The second kappa shape index (κ2) is 4.85. The minimum Gasteiger partial charge on any atom is -0.496 e. The first-order valence-electron chi connectivity index (χ1n) is 5.46. The number of hydrogen-bond acceptors (Lipinski definition) is 3. The van der Waals surface area contributed by atoms with Crippen molar-refractivity contribution in [2.24, 2.45) is 5.73 Å². The molecule has 16 heavy (non-hydrogen) atoms. The second-order valence-electron chi connectivity index (χ2n) is 4.47. The lowest BCUT2D eigenvalue weighted by atomic mass is 9.95. The molecule has 0 radical (unpaired) electrons. The molecule has 1 aromatic carbocycles. The van der Waals surface area contributed by atoms with Gasteiger partial charge in [-0.25, -0.2) is 0 Å². The van der Waals surface area contributed by atoms with Crippen LogP contribution in [0.4, 0.5) is 0 Å². The van der Waals surface area contributed by atoms with E-state index in [1.165, 1.54) is 22.3 Å². The summed E-state index contributed by atoms with van der Waals surface area (Å²) in [5.41, 5.74) is 11.0. The van der Waals surface area contributed by atoms with E-state index >= 15 is 0 Å². The first-order chi connectivity index (χ1) is 7.40. The van der Waals surface area contributed by atoms with Crippen molar-refractivity contribution in [3.8, 4) is 5.75 Å². The van der Waals surface area contributed by atoms with E-state index in [2.05, 4.69) is 26.8 Å². The number of methoxy groups -OCH3 is 1. The highest BCUT2D eigenvalue weighted by Gasteiger charge is 2.17. The van der Waals surface area contributed by atoms with Crippen LogP contribution in [0, 0.1) is 20.8 Å². The third kappa shape index (κ3) is 2.20. The minimum absolute atomic E-state index is 0.0652. The van der Waals surface area contributed by atoms with Gasteiger partial charge in [0.1, 0.15) is 5.75 Å². The Hall–Kier alpha value is -1.06. The van der Waals surface area contributed by atoms with Gasteiger partial charge < -0.3 is 10.5 Å². The maximum Gasteiger partial charge on any atom is 0.122 e. The van der Waals surface area contributed by atoms with Gasteiger partial charge in [-0.1, -0.05) is 0 Å². The van der Waals surface area contributed by atoms with Crippen LogP contribution in [0.3, 0.4) is 0 Å². The average molecular weight is 222 g/mol. The zero-order valence-corrected chi connectivity index (χ0v) is 11.1. The smallest absolute Gasteiger partial charge is 0.122 e. The molecule has 0 saturated heterocycles. The number of ether oxygens (including phenoxy) is 1. The van der Waals surface area contributed by atoms with E-state index in [0.29, 0.717) is 0 Å². The van der Waals surface area contributed by atoms with Gasteiger partial charge in [-0.3, -0.25) is 4.90 Å². The van der Waals surface area contributed by atoms with E-state index in [0.717, 1.165) is 5.75 Å². The van der Waals surface area contributed by atoms with E-state index in [1.807, 2.05) is 19.0 Å². The van der Waals surface area contributed by atoms with Crippen LogP contribution in [0.2, 0.25) is 0 Å². The van der Waals surface area contributed by atoms with Crippen LogP contribution < -0.4 is 10.5 Å². The monoisotopic (exact) mass is 222 g/mol. The topological polar surface area (TPSA) is 38.5 Å². The summed E-state index contributed by atoms with van der Waals surface area (Å²) in [5, 5.41) is 0. The normalized spacial score (nSPS) is 13.0. The number of hydrogen-bond donors (Lipinski definition) is 1. The highest BCUT2D eigenvalue weighted by atomic mass is 16.5. The summed E-state index contributed by atoms with van der Waals surface area (Å²) in [5.74, 6) is 0.935. The molecule has 3 heteroatoms. The number of rotatable bonds is 3. The number of nitrogens with zero attached hydrogens (tertiary/aromatic N) is 1. The lowest BCUT2D eigenvalue weighted by Crippen LogP contribution is -2.29. The van der Waals surface area contributed by atoms with E-state index in [1.54, 1.807) is 7.11 Å². The van der Waals surface area contributed by atoms with Crippen molar-refractivity contribution in [3.63, 3.8) is 0 Å². The van der Waals surface area contributed by atoms with Gasteiger partial charge in [-0.05, 0) is 63.2 Å². The molecule has 1 aromatic rings. The molecule has 90 valence electrons. The minimum atomic E-state index is -0.0652. The second-order valence-corrected chi connectivity index (χ2v) is 4.47. The fraction of sp³-hybridized carbons (Fsp3) is 0.538. The molecular formula is C13H22N2O. The van der Waals surface area contributed by atoms with Gasteiger partial charge >= 0.3 is 0 Å². The van der Waals surface area contributed by atoms with Crippen molar-refractivity contribution in [1.29, 1.82) is 0 Å². The molecule has 3 nitrogen and oxygen atoms in total. The van der Waals surface area contributed by atoms with Crippen LogP contribution in [-0.4, -0.2) is 26.1 Å². The van der Waals surface area contributed by atoms with Gasteiger partial charge in [0.05, 0.1) is 13.3 Å². The maximum atomic E-state index is 6.18. The molecule has 0 fully saturated rings. The van der Waals surface area contributed by atoms with Crippen molar-refractivity contribution in [2.75, 3.05) is 21.2 Å². The first kappa shape index (κ1) is 13.0. The molecule has 0 bridgehead atoms.